The lowest BCUT2D eigenvalue weighted by Gasteiger charge is -2.25. The Hall–Kier alpha value is -0.710. The first-order chi connectivity index (χ1) is 9.20. The van der Waals surface area contributed by atoms with Gasteiger partial charge in [0, 0.05) is 29.7 Å². The van der Waals surface area contributed by atoms with Gasteiger partial charge in [0.05, 0.1) is 11.9 Å². The van der Waals surface area contributed by atoms with Crippen molar-refractivity contribution in [2.45, 2.75) is 31.6 Å². The van der Waals surface area contributed by atoms with Gasteiger partial charge in [-0.05, 0) is 25.5 Å². The average molecular weight is 283 g/mol. The molecule has 0 fully saturated rings. The molecular formula is C15H25NO2S. The van der Waals surface area contributed by atoms with Crippen molar-refractivity contribution in [3.63, 3.8) is 0 Å². The Morgan fingerprint density at radius 1 is 1.32 bits per heavy atom. The van der Waals surface area contributed by atoms with Gasteiger partial charge in [0.1, 0.15) is 0 Å². The van der Waals surface area contributed by atoms with Gasteiger partial charge in [0.2, 0.25) is 0 Å². The fourth-order valence-electron chi connectivity index (χ4n) is 2.02. The van der Waals surface area contributed by atoms with E-state index in [-0.39, 0.29) is 11.3 Å². The van der Waals surface area contributed by atoms with Gasteiger partial charge in [-0.15, -0.1) is 0 Å². The maximum absolute atomic E-state index is 12.3. The maximum Gasteiger partial charge on any atom is 0.0577 e. The van der Waals surface area contributed by atoms with Crippen molar-refractivity contribution in [2.24, 2.45) is 0 Å². The zero-order valence-electron chi connectivity index (χ0n) is 12.1. The van der Waals surface area contributed by atoms with Crippen molar-refractivity contribution in [2.75, 3.05) is 26.0 Å². The highest BCUT2D eigenvalue weighted by molar-refractivity contribution is 7.85. The van der Waals surface area contributed by atoms with Gasteiger partial charge in [-0.1, -0.05) is 37.3 Å². The second-order valence-corrected chi connectivity index (χ2v) is 6.54. The highest BCUT2D eigenvalue weighted by Gasteiger charge is 2.23. The highest BCUT2D eigenvalue weighted by atomic mass is 32.2. The molecule has 1 rings (SSSR count). The largest absolute Gasteiger partial charge is 0.384 e. The van der Waals surface area contributed by atoms with Crippen molar-refractivity contribution in [3.8, 4) is 0 Å². The number of methoxy groups -OCH3 is 1. The van der Waals surface area contributed by atoms with Crippen LogP contribution in [0.2, 0.25) is 0 Å². The third-order valence-corrected chi connectivity index (χ3v) is 4.82. The first kappa shape index (κ1) is 16.3. The van der Waals surface area contributed by atoms with Crippen LogP contribution in [0.25, 0.3) is 0 Å². The monoisotopic (exact) mass is 283 g/mol. The first-order valence-electron chi connectivity index (χ1n) is 6.85. The van der Waals surface area contributed by atoms with Crippen molar-refractivity contribution < 1.29 is 8.95 Å². The van der Waals surface area contributed by atoms with E-state index in [1.165, 1.54) is 5.56 Å². The standard InChI is InChI=1S/C15H25NO2S/c1-4-10-16-15(14-8-6-5-7-9-14)13(2)19(17)12-11-18-3/h5-9,13,15-16H,4,10-12H2,1-3H3. The zero-order valence-corrected chi connectivity index (χ0v) is 12.9. The molecule has 0 aliphatic rings. The van der Waals surface area contributed by atoms with Crippen molar-refractivity contribution in [1.29, 1.82) is 0 Å². The van der Waals surface area contributed by atoms with E-state index in [0.29, 0.717) is 12.4 Å². The lowest BCUT2D eigenvalue weighted by molar-refractivity contribution is 0.217. The average Bonchev–Trinajstić information content (AvgIpc) is 2.46. The molecule has 108 valence electrons. The molecule has 0 saturated carbocycles. The van der Waals surface area contributed by atoms with Gasteiger partial charge >= 0.3 is 0 Å². The van der Waals surface area contributed by atoms with Crippen LogP contribution >= 0.6 is 0 Å². The molecule has 0 saturated heterocycles. The third kappa shape index (κ3) is 5.43. The molecule has 1 aromatic carbocycles. The lowest BCUT2D eigenvalue weighted by Crippen LogP contribution is -2.34. The smallest absolute Gasteiger partial charge is 0.0577 e. The SMILES string of the molecule is CCCNC(c1ccccc1)C(C)S(=O)CCOC. The lowest BCUT2D eigenvalue weighted by atomic mass is 10.0. The van der Waals surface area contributed by atoms with Crippen LogP contribution in [0.1, 0.15) is 31.9 Å². The molecule has 0 spiro atoms. The summed E-state index contributed by atoms with van der Waals surface area (Å²) in [5.74, 6) is 0.592. The number of benzene rings is 1. The molecule has 1 aromatic rings. The summed E-state index contributed by atoms with van der Waals surface area (Å²) in [5.41, 5.74) is 1.20. The Balaban J connectivity index is 2.75. The molecular weight excluding hydrogens is 258 g/mol. The summed E-state index contributed by atoms with van der Waals surface area (Å²) in [5, 5.41) is 3.58. The van der Waals surface area contributed by atoms with Gasteiger partial charge in [-0.2, -0.15) is 0 Å². The molecule has 3 nitrogen and oxygen atoms in total. The Bertz CT molecular complexity index is 370. The minimum atomic E-state index is -0.886. The van der Waals surface area contributed by atoms with Gasteiger partial charge in [-0.25, -0.2) is 0 Å². The van der Waals surface area contributed by atoms with Gasteiger partial charge in [0.25, 0.3) is 0 Å². The topological polar surface area (TPSA) is 38.3 Å². The first-order valence-corrected chi connectivity index (χ1v) is 8.23. The maximum atomic E-state index is 12.3. The Kier molecular flexibility index (Phi) is 7.94. The van der Waals surface area contributed by atoms with Crippen molar-refractivity contribution in [3.05, 3.63) is 35.9 Å². The van der Waals surface area contributed by atoms with E-state index in [9.17, 15) is 4.21 Å². The predicted molar refractivity (Wildman–Crippen MR) is 81.8 cm³/mol. The van der Waals surface area contributed by atoms with E-state index in [2.05, 4.69) is 24.4 Å². The molecule has 0 heterocycles. The van der Waals surface area contributed by atoms with E-state index in [0.717, 1.165) is 13.0 Å². The Morgan fingerprint density at radius 2 is 2.00 bits per heavy atom. The summed E-state index contributed by atoms with van der Waals surface area (Å²) >= 11 is 0. The number of nitrogens with one attached hydrogen (secondary N) is 1. The minimum Gasteiger partial charge on any atom is -0.384 e. The van der Waals surface area contributed by atoms with Crippen LogP contribution in [0.15, 0.2) is 30.3 Å². The predicted octanol–water partition coefficient (Wildman–Crippen LogP) is 2.51. The molecule has 4 heteroatoms. The van der Waals surface area contributed by atoms with Crippen LogP contribution in [-0.2, 0) is 15.5 Å². The molecule has 3 unspecified atom stereocenters. The second-order valence-electron chi connectivity index (χ2n) is 4.63. The fourth-order valence-corrected chi connectivity index (χ4v) is 3.28. The molecule has 0 radical (unpaired) electrons. The Labute approximate surface area is 119 Å². The van der Waals surface area contributed by atoms with Crippen LogP contribution in [-0.4, -0.2) is 35.5 Å². The van der Waals surface area contributed by atoms with E-state index >= 15 is 0 Å². The fraction of sp³-hybridized carbons (Fsp3) is 0.600. The summed E-state index contributed by atoms with van der Waals surface area (Å²) in [7, 11) is 0.759. The third-order valence-electron chi connectivity index (χ3n) is 3.15. The van der Waals surface area contributed by atoms with Crippen molar-refractivity contribution in [1.82, 2.24) is 5.32 Å². The van der Waals surface area contributed by atoms with Gasteiger partial charge in [0.15, 0.2) is 0 Å². The molecule has 1 N–H and O–H groups in total. The summed E-state index contributed by atoms with van der Waals surface area (Å²) in [4.78, 5) is 0. The molecule has 0 aliphatic carbocycles. The molecule has 0 amide bonds. The quantitative estimate of drug-likeness (QED) is 0.757. The van der Waals surface area contributed by atoms with Crippen LogP contribution in [0.3, 0.4) is 0 Å². The van der Waals surface area contributed by atoms with Gasteiger partial charge < -0.3 is 10.1 Å². The molecule has 3 atom stereocenters. The number of hydrogen-bond acceptors (Lipinski definition) is 3. The Morgan fingerprint density at radius 3 is 2.58 bits per heavy atom. The van der Waals surface area contributed by atoms with Crippen LogP contribution < -0.4 is 5.32 Å². The number of rotatable bonds is 9. The number of ether oxygens (including phenoxy) is 1. The molecule has 0 aliphatic heterocycles. The molecule has 19 heavy (non-hydrogen) atoms. The molecule has 0 aromatic heterocycles. The van der Waals surface area contributed by atoms with E-state index in [1.807, 2.05) is 25.1 Å². The summed E-state index contributed by atoms with van der Waals surface area (Å²) in [6, 6.07) is 10.4. The number of hydrogen-bond donors (Lipinski definition) is 1. The van der Waals surface area contributed by atoms with Gasteiger partial charge in [-0.3, -0.25) is 4.21 Å². The van der Waals surface area contributed by atoms with Crippen LogP contribution in [0.5, 0.6) is 0 Å². The minimum absolute atomic E-state index is 0.0732. The van der Waals surface area contributed by atoms with Crippen molar-refractivity contribution >= 4 is 10.8 Å². The highest BCUT2D eigenvalue weighted by Crippen LogP contribution is 2.20. The summed E-state index contributed by atoms with van der Waals surface area (Å²) < 4.78 is 17.3. The van der Waals surface area contributed by atoms with E-state index in [4.69, 9.17) is 4.74 Å². The normalized spacial score (nSPS) is 15.9. The summed E-state index contributed by atoms with van der Waals surface area (Å²) in [6.45, 7) is 5.67. The molecule has 0 bridgehead atoms. The van der Waals surface area contributed by atoms with Crippen LogP contribution in [0.4, 0.5) is 0 Å². The van der Waals surface area contributed by atoms with Crippen LogP contribution in [0, 0.1) is 0 Å². The summed E-state index contributed by atoms with van der Waals surface area (Å²) in [6.07, 6.45) is 1.07. The zero-order chi connectivity index (χ0) is 14.1. The second kappa shape index (κ2) is 9.23. The van der Waals surface area contributed by atoms with E-state index in [1.54, 1.807) is 7.11 Å². The van der Waals surface area contributed by atoms with E-state index < -0.39 is 10.8 Å².